The number of aromatic nitrogens is 2. The molecule has 0 saturated heterocycles. The normalized spacial score (nSPS) is 11.0. The van der Waals surface area contributed by atoms with Crippen LogP contribution in [0.5, 0.6) is 23.3 Å². The van der Waals surface area contributed by atoms with Crippen LogP contribution in [0, 0.1) is 5.82 Å². The predicted octanol–water partition coefficient (Wildman–Crippen LogP) is 4.25. The van der Waals surface area contributed by atoms with Gasteiger partial charge in [0.2, 0.25) is 5.82 Å². The highest BCUT2D eigenvalue weighted by atomic mass is 35.5. The number of alkyl halides is 1. The molecule has 0 aliphatic carbocycles. The number of hydrogen-bond donors (Lipinski definition) is 1. The number of amides is 1. The van der Waals surface area contributed by atoms with Crippen LogP contribution in [0.2, 0.25) is 5.02 Å². The molecule has 0 unspecified atom stereocenters. The minimum atomic E-state index is -1.24. The van der Waals surface area contributed by atoms with Crippen molar-refractivity contribution in [3.63, 3.8) is 0 Å². The second-order valence-electron chi connectivity index (χ2n) is 5.69. The predicted molar refractivity (Wildman–Crippen MR) is 108 cm³/mol. The third-order valence-electron chi connectivity index (χ3n) is 3.76. The van der Waals surface area contributed by atoms with E-state index in [9.17, 15) is 13.6 Å². The Morgan fingerprint density at radius 1 is 1.06 bits per heavy atom. The Balaban J connectivity index is 1.95. The molecular formula is C20H15ClF2N4O4. The molecule has 0 bridgehead atoms. The van der Waals surface area contributed by atoms with Gasteiger partial charge in [0.25, 0.3) is 24.5 Å². The number of rotatable bonds is 8. The van der Waals surface area contributed by atoms with Crippen LogP contribution in [-0.4, -0.2) is 35.5 Å². The van der Waals surface area contributed by atoms with Crippen LogP contribution < -0.4 is 14.8 Å². The summed E-state index contributed by atoms with van der Waals surface area (Å²) in [5.41, 5.74) is -0.167. The fourth-order valence-corrected chi connectivity index (χ4v) is 2.56. The van der Waals surface area contributed by atoms with E-state index in [1.807, 2.05) is 0 Å². The van der Waals surface area contributed by atoms with Crippen LogP contribution in [0.4, 0.5) is 8.78 Å². The summed E-state index contributed by atoms with van der Waals surface area (Å²) in [5.74, 6) is -2.38. The highest BCUT2D eigenvalue weighted by molar-refractivity contribution is 6.45. The van der Waals surface area contributed by atoms with E-state index in [0.29, 0.717) is 0 Å². The molecule has 0 radical (unpaired) electrons. The molecule has 1 heterocycles. The summed E-state index contributed by atoms with van der Waals surface area (Å²) in [6.07, 6.45) is 1.03. The van der Waals surface area contributed by atoms with Crippen molar-refractivity contribution >= 4 is 23.2 Å². The maximum absolute atomic E-state index is 14.9. The molecular weight excluding hydrogens is 434 g/mol. The summed E-state index contributed by atoms with van der Waals surface area (Å²) in [5, 5.41) is 6.09. The molecule has 1 N–H and O–H groups in total. The Morgan fingerprint density at radius 3 is 2.32 bits per heavy atom. The van der Waals surface area contributed by atoms with Gasteiger partial charge < -0.3 is 19.6 Å². The molecule has 0 aliphatic rings. The van der Waals surface area contributed by atoms with Gasteiger partial charge in [-0.3, -0.25) is 4.79 Å². The fourth-order valence-electron chi connectivity index (χ4n) is 2.39. The maximum Gasteiger partial charge on any atom is 0.273 e. The zero-order chi connectivity index (χ0) is 22.2. The molecule has 1 amide bonds. The lowest BCUT2D eigenvalue weighted by Crippen LogP contribution is -2.29. The molecule has 3 rings (SSSR count). The van der Waals surface area contributed by atoms with E-state index in [1.54, 1.807) is 30.3 Å². The maximum atomic E-state index is 14.9. The lowest BCUT2D eigenvalue weighted by molar-refractivity contribution is -0.114. The smallest absolute Gasteiger partial charge is 0.273 e. The number of carbonyl (C=O) groups is 1. The number of para-hydroxylation sites is 2. The Hall–Kier alpha value is -3.79. The molecule has 2 aromatic carbocycles. The number of hydrogen-bond acceptors (Lipinski definition) is 7. The highest BCUT2D eigenvalue weighted by Gasteiger charge is 2.22. The number of oxime groups is 1. The third kappa shape index (κ3) is 5.23. The molecule has 0 aliphatic heterocycles. The van der Waals surface area contributed by atoms with Gasteiger partial charge in [0.15, 0.2) is 5.71 Å². The van der Waals surface area contributed by atoms with E-state index in [0.717, 1.165) is 6.33 Å². The number of nitrogens with zero attached hydrogens (tertiary/aromatic N) is 3. The number of halogens is 3. The Kier molecular flexibility index (Phi) is 7.28. The average Bonchev–Trinajstić information content (AvgIpc) is 2.79. The Morgan fingerprint density at radius 2 is 1.68 bits per heavy atom. The first-order valence-corrected chi connectivity index (χ1v) is 9.11. The van der Waals surface area contributed by atoms with E-state index in [2.05, 4.69) is 25.3 Å². The Bertz CT molecular complexity index is 1110. The first-order chi connectivity index (χ1) is 15.0. The second kappa shape index (κ2) is 10.3. The van der Waals surface area contributed by atoms with Gasteiger partial charge in [-0.2, -0.15) is 14.4 Å². The number of benzene rings is 2. The molecule has 1 aromatic heterocycles. The van der Waals surface area contributed by atoms with E-state index >= 15 is 0 Å². The number of ether oxygens (including phenoxy) is 2. The van der Waals surface area contributed by atoms with E-state index in [-0.39, 0.29) is 27.8 Å². The van der Waals surface area contributed by atoms with Gasteiger partial charge >= 0.3 is 0 Å². The summed E-state index contributed by atoms with van der Waals surface area (Å²) in [4.78, 5) is 24.1. The van der Waals surface area contributed by atoms with Crippen molar-refractivity contribution in [3.8, 4) is 23.3 Å². The van der Waals surface area contributed by atoms with Crippen LogP contribution in [-0.2, 0) is 9.63 Å². The van der Waals surface area contributed by atoms with Crippen molar-refractivity contribution in [2.24, 2.45) is 5.16 Å². The summed E-state index contributed by atoms with van der Waals surface area (Å²) in [6.45, 7) is -1.24. The number of carbonyl (C=O) groups excluding carboxylic acids is 1. The molecule has 0 spiro atoms. The van der Waals surface area contributed by atoms with Crippen molar-refractivity contribution in [1.29, 1.82) is 0 Å². The molecule has 160 valence electrons. The van der Waals surface area contributed by atoms with Gasteiger partial charge in [0.05, 0.1) is 10.6 Å². The minimum Gasteiger partial charge on any atom is -0.436 e. The lowest BCUT2D eigenvalue weighted by Gasteiger charge is -2.13. The molecule has 0 fully saturated rings. The van der Waals surface area contributed by atoms with E-state index in [4.69, 9.17) is 21.1 Å². The van der Waals surface area contributed by atoms with E-state index in [1.165, 1.54) is 25.2 Å². The summed E-state index contributed by atoms with van der Waals surface area (Å²) in [6, 6.07) is 12.5. The van der Waals surface area contributed by atoms with Crippen LogP contribution in [0.1, 0.15) is 5.56 Å². The quantitative estimate of drug-likeness (QED) is 0.409. The van der Waals surface area contributed by atoms with Gasteiger partial charge in [-0.1, -0.05) is 41.0 Å². The Labute approximate surface area is 180 Å². The average molecular weight is 449 g/mol. The summed E-state index contributed by atoms with van der Waals surface area (Å²) < 4.78 is 38.3. The summed E-state index contributed by atoms with van der Waals surface area (Å²) in [7, 11) is 1.36. The van der Waals surface area contributed by atoms with Gasteiger partial charge in [-0.25, -0.2) is 4.39 Å². The fraction of sp³-hybridized carbons (Fsp3) is 0.100. The highest BCUT2D eigenvalue weighted by Crippen LogP contribution is 2.33. The zero-order valence-electron chi connectivity index (χ0n) is 16.0. The zero-order valence-corrected chi connectivity index (χ0v) is 16.8. The molecule has 0 atom stereocenters. The van der Waals surface area contributed by atoms with Crippen LogP contribution in [0.3, 0.4) is 0 Å². The van der Waals surface area contributed by atoms with Crippen molar-refractivity contribution in [1.82, 2.24) is 15.3 Å². The van der Waals surface area contributed by atoms with Crippen LogP contribution >= 0.6 is 11.6 Å². The van der Waals surface area contributed by atoms with Crippen molar-refractivity contribution in [3.05, 3.63) is 71.3 Å². The molecule has 3 aromatic rings. The van der Waals surface area contributed by atoms with Crippen LogP contribution in [0.25, 0.3) is 0 Å². The number of likely N-dealkylation sites (N-methyl/N-ethyl adjacent to an activating group) is 1. The topological polar surface area (TPSA) is 94.9 Å². The lowest BCUT2D eigenvalue weighted by atomic mass is 10.1. The van der Waals surface area contributed by atoms with E-state index < -0.39 is 30.3 Å². The van der Waals surface area contributed by atoms with Gasteiger partial charge in [-0.05, 0) is 24.3 Å². The number of nitrogens with one attached hydrogen (secondary N) is 1. The van der Waals surface area contributed by atoms with Gasteiger partial charge in [0.1, 0.15) is 17.8 Å². The SMILES string of the molecule is CNC(=O)C(=NOCF)c1ccccc1Oc1ncnc(Oc2ccccc2Cl)c1F. The third-order valence-corrected chi connectivity index (χ3v) is 4.08. The molecule has 8 nitrogen and oxygen atoms in total. The van der Waals surface area contributed by atoms with Crippen LogP contribution in [0.15, 0.2) is 60.0 Å². The second-order valence-corrected chi connectivity index (χ2v) is 6.09. The van der Waals surface area contributed by atoms with Crippen molar-refractivity contribution in [2.45, 2.75) is 0 Å². The molecule has 11 heteroatoms. The largest absolute Gasteiger partial charge is 0.436 e. The van der Waals surface area contributed by atoms with Gasteiger partial charge in [-0.15, -0.1) is 0 Å². The minimum absolute atomic E-state index is 0.00796. The standard InChI is InChI=1S/C20H15ClF2N4O4/c1-24-18(28)17(27-29-10-22)12-6-2-4-8-14(12)30-19-16(23)20(26-11-25-19)31-15-9-5-3-7-13(15)21/h2-9,11H,10H2,1H3,(H,24,28). The molecule has 0 saturated carbocycles. The van der Waals surface area contributed by atoms with Gasteiger partial charge in [0, 0.05) is 7.05 Å². The van der Waals surface area contributed by atoms with Crippen molar-refractivity contribution in [2.75, 3.05) is 13.9 Å². The monoisotopic (exact) mass is 448 g/mol. The summed E-state index contributed by atoms with van der Waals surface area (Å²) >= 11 is 6.03. The van der Waals surface area contributed by atoms with Crippen molar-refractivity contribution < 1.29 is 27.9 Å². The molecule has 31 heavy (non-hydrogen) atoms. The first-order valence-electron chi connectivity index (χ1n) is 8.73. The first kappa shape index (κ1) is 21.9.